The van der Waals surface area contributed by atoms with Gasteiger partial charge in [-0.3, -0.25) is 4.79 Å². The number of carbonyl (C=O) groups is 2. The zero-order valence-corrected chi connectivity index (χ0v) is 14.1. The topological polar surface area (TPSA) is 111 Å². The Morgan fingerprint density at radius 2 is 2.16 bits per heavy atom. The van der Waals surface area contributed by atoms with Gasteiger partial charge in [0.25, 0.3) is 0 Å². The Hall–Kier alpha value is -2.22. The predicted molar refractivity (Wildman–Crippen MR) is 86.2 cm³/mol. The van der Waals surface area contributed by atoms with Crippen LogP contribution in [0.2, 0.25) is 0 Å². The first-order valence-corrected chi connectivity index (χ1v) is 8.62. The molecule has 8 heteroatoms. The summed E-state index contributed by atoms with van der Waals surface area (Å²) in [5.41, 5.74) is -1.40. The maximum Gasteiger partial charge on any atom is 0.354 e. The molecule has 8 nitrogen and oxygen atoms in total. The molecule has 2 aliphatic heterocycles. The number of carboxylic acid groups (broad SMARTS) is 1. The highest BCUT2D eigenvalue weighted by molar-refractivity contribution is 5.85. The molecule has 134 valence electrons. The molecular weight excluding hydrogens is 326 g/mol. The molecule has 4 fully saturated rings. The van der Waals surface area contributed by atoms with Gasteiger partial charge in [0.15, 0.2) is 5.69 Å². The summed E-state index contributed by atoms with van der Waals surface area (Å²) in [5, 5.41) is 12.1. The number of anilines is 1. The monoisotopic (exact) mass is 347 g/mol. The summed E-state index contributed by atoms with van der Waals surface area (Å²) in [6, 6.07) is 1.34. The number of rotatable bonds is 6. The first-order valence-electron chi connectivity index (χ1n) is 8.62. The van der Waals surface area contributed by atoms with Crippen LogP contribution < -0.4 is 5.32 Å². The molecule has 1 aromatic rings. The van der Waals surface area contributed by atoms with Crippen molar-refractivity contribution >= 4 is 17.9 Å². The van der Waals surface area contributed by atoms with Gasteiger partial charge >= 0.3 is 11.9 Å². The van der Waals surface area contributed by atoms with Gasteiger partial charge in [-0.1, -0.05) is 0 Å². The number of nitrogens with one attached hydrogen (secondary N) is 1. The van der Waals surface area contributed by atoms with E-state index in [9.17, 15) is 9.59 Å². The Labute approximate surface area is 144 Å². The number of aromatic carboxylic acids is 1. The molecule has 1 aromatic heterocycles. The highest BCUT2D eigenvalue weighted by Crippen LogP contribution is 2.72. The average molecular weight is 347 g/mol. The van der Waals surface area contributed by atoms with Crippen LogP contribution in [0, 0.1) is 5.41 Å². The van der Waals surface area contributed by atoms with Crippen molar-refractivity contribution in [3.05, 3.63) is 18.0 Å². The van der Waals surface area contributed by atoms with Crippen molar-refractivity contribution in [3.8, 4) is 0 Å². The quantitative estimate of drug-likeness (QED) is 0.747. The number of hydrogen-bond acceptors (Lipinski definition) is 7. The van der Waals surface area contributed by atoms with Crippen molar-refractivity contribution in [2.45, 2.75) is 50.2 Å². The molecule has 2 saturated heterocycles. The lowest BCUT2D eigenvalue weighted by Crippen LogP contribution is -2.58. The fourth-order valence-corrected chi connectivity index (χ4v) is 4.60. The number of hydrogen-bond donors (Lipinski definition) is 2. The van der Waals surface area contributed by atoms with Crippen LogP contribution >= 0.6 is 0 Å². The van der Waals surface area contributed by atoms with E-state index in [2.05, 4.69) is 15.3 Å². The molecule has 0 amide bonds. The van der Waals surface area contributed by atoms with Gasteiger partial charge in [-0.2, -0.15) is 0 Å². The van der Waals surface area contributed by atoms with Crippen LogP contribution in [-0.4, -0.2) is 51.4 Å². The molecule has 2 bridgehead atoms. The van der Waals surface area contributed by atoms with E-state index in [0.717, 1.165) is 19.3 Å². The lowest BCUT2D eigenvalue weighted by Gasteiger charge is -2.49. The zero-order chi connectivity index (χ0) is 17.7. The molecule has 25 heavy (non-hydrogen) atoms. The van der Waals surface area contributed by atoms with Gasteiger partial charge < -0.3 is 19.9 Å². The normalized spacial score (nSPS) is 31.1. The minimum absolute atomic E-state index is 0.0627. The largest absolute Gasteiger partial charge is 0.477 e. The molecule has 0 radical (unpaired) electrons. The number of ether oxygens (including phenoxy) is 2. The van der Waals surface area contributed by atoms with Crippen LogP contribution in [0.25, 0.3) is 0 Å². The van der Waals surface area contributed by atoms with Crippen molar-refractivity contribution < 1.29 is 24.2 Å². The summed E-state index contributed by atoms with van der Waals surface area (Å²) >= 11 is 0. The number of nitrogens with zero attached hydrogens (tertiary/aromatic N) is 2. The van der Waals surface area contributed by atoms with Gasteiger partial charge in [0.1, 0.15) is 5.41 Å². The fraction of sp³-hybridized carbons (Fsp3) is 0.647. The van der Waals surface area contributed by atoms with Crippen LogP contribution in [0.3, 0.4) is 0 Å². The van der Waals surface area contributed by atoms with Crippen LogP contribution in [0.15, 0.2) is 12.3 Å². The minimum Gasteiger partial charge on any atom is -0.477 e. The third-order valence-electron chi connectivity index (χ3n) is 5.80. The maximum atomic E-state index is 12.5. The summed E-state index contributed by atoms with van der Waals surface area (Å²) in [6.07, 6.45) is 5.50. The first kappa shape index (κ1) is 16.3. The second-order valence-electron chi connectivity index (χ2n) is 7.21. The van der Waals surface area contributed by atoms with Gasteiger partial charge in [0, 0.05) is 12.7 Å². The highest BCUT2D eigenvalue weighted by atomic mass is 16.6. The van der Waals surface area contributed by atoms with Gasteiger partial charge in [-0.05, 0) is 45.1 Å². The molecule has 1 spiro atoms. The Morgan fingerprint density at radius 1 is 1.40 bits per heavy atom. The van der Waals surface area contributed by atoms with Crippen LogP contribution in [-0.2, 0) is 14.3 Å². The van der Waals surface area contributed by atoms with E-state index in [0.29, 0.717) is 26.0 Å². The van der Waals surface area contributed by atoms with Gasteiger partial charge in [-0.15, -0.1) is 0 Å². The summed E-state index contributed by atoms with van der Waals surface area (Å²) in [7, 11) is 0. The van der Waals surface area contributed by atoms with Crippen LogP contribution in [0.5, 0.6) is 0 Å². The average Bonchev–Trinajstić information content (AvgIpc) is 3.01. The summed E-state index contributed by atoms with van der Waals surface area (Å²) in [5.74, 6) is -0.993. The van der Waals surface area contributed by atoms with Crippen molar-refractivity contribution in [3.63, 3.8) is 0 Å². The first-order chi connectivity index (χ1) is 11.9. The maximum absolute atomic E-state index is 12.5. The van der Waals surface area contributed by atoms with Gasteiger partial charge in [0.05, 0.1) is 17.8 Å². The third kappa shape index (κ3) is 2.23. The van der Waals surface area contributed by atoms with E-state index in [1.54, 1.807) is 0 Å². The minimum atomic E-state index is -1.10. The standard InChI is InChI=1S/C17H21N3O5/c1-2-24-13(23)16-8-15(9-16,25-17(16)5-3-6-17)10-19-14-18-7-4-11(20-14)12(21)22/h4,7H,2-3,5-6,8-10H2,1H3,(H,21,22)(H,18,19,20). The molecule has 3 heterocycles. The van der Waals surface area contributed by atoms with E-state index in [1.165, 1.54) is 12.3 Å². The van der Waals surface area contributed by atoms with Gasteiger partial charge in [-0.25, -0.2) is 14.8 Å². The summed E-state index contributed by atoms with van der Waals surface area (Å²) in [6.45, 7) is 2.63. The van der Waals surface area contributed by atoms with E-state index in [4.69, 9.17) is 14.6 Å². The van der Waals surface area contributed by atoms with Crippen molar-refractivity contribution in [2.24, 2.45) is 5.41 Å². The number of carboxylic acids is 1. The molecule has 0 atom stereocenters. The molecule has 2 saturated carbocycles. The van der Waals surface area contributed by atoms with E-state index in [1.807, 2.05) is 6.92 Å². The Morgan fingerprint density at radius 3 is 2.76 bits per heavy atom. The number of esters is 1. The lowest BCUT2D eigenvalue weighted by atomic mass is 9.51. The highest BCUT2D eigenvalue weighted by Gasteiger charge is 2.79. The second-order valence-corrected chi connectivity index (χ2v) is 7.21. The smallest absolute Gasteiger partial charge is 0.354 e. The zero-order valence-electron chi connectivity index (χ0n) is 14.1. The second kappa shape index (κ2) is 5.39. The van der Waals surface area contributed by atoms with Crippen molar-refractivity contribution in [1.29, 1.82) is 0 Å². The Bertz CT molecular complexity index is 725. The molecular formula is C17H21N3O5. The van der Waals surface area contributed by atoms with Crippen LogP contribution in [0.4, 0.5) is 5.95 Å². The van der Waals surface area contributed by atoms with Crippen molar-refractivity contribution in [2.75, 3.05) is 18.5 Å². The summed E-state index contributed by atoms with van der Waals surface area (Å²) in [4.78, 5) is 31.6. The van der Waals surface area contributed by atoms with Crippen LogP contribution in [0.1, 0.15) is 49.5 Å². The third-order valence-corrected chi connectivity index (χ3v) is 5.80. The number of aromatic nitrogens is 2. The molecule has 5 rings (SSSR count). The SMILES string of the molecule is CCOC(=O)C12CC(CNc3nccc(C(=O)O)n3)(C1)OC21CCC1. The van der Waals surface area contributed by atoms with E-state index < -0.39 is 17.0 Å². The van der Waals surface area contributed by atoms with E-state index in [-0.39, 0.29) is 23.2 Å². The molecule has 2 N–H and O–H groups in total. The molecule has 0 aromatic carbocycles. The molecule has 2 aliphatic carbocycles. The molecule has 0 unspecified atom stereocenters. The lowest BCUT2D eigenvalue weighted by molar-refractivity contribution is -0.170. The predicted octanol–water partition coefficient (Wildman–Crippen LogP) is 1.62. The fourth-order valence-electron chi connectivity index (χ4n) is 4.60. The van der Waals surface area contributed by atoms with E-state index >= 15 is 0 Å². The Kier molecular flexibility index (Phi) is 3.50. The number of carbonyl (C=O) groups excluding carboxylic acids is 1. The van der Waals surface area contributed by atoms with Gasteiger partial charge in [0.2, 0.25) is 5.95 Å². The van der Waals surface area contributed by atoms with Crippen molar-refractivity contribution in [1.82, 2.24) is 9.97 Å². The molecule has 4 aliphatic rings. The Balaban J connectivity index is 1.47. The summed E-state index contributed by atoms with van der Waals surface area (Å²) < 4.78 is 11.7.